The van der Waals surface area contributed by atoms with Crippen LogP contribution in [-0.4, -0.2) is 93.4 Å². The van der Waals surface area contributed by atoms with Crippen molar-refractivity contribution in [2.45, 2.75) is 40.8 Å². The lowest BCUT2D eigenvalue weighted by Gasteiger charge is -2.37. The maximum atomic E-state index is 13.4. The molecule has 2 saturated heterocycles. The number of anilines is 2. The molecule has 234 valence electrons. The Morgan fingerprint density at radius 3 is 1.39 bits per heavy atom. The van der Waals surface area contributed by atoms with Gasteiger partial charge in [-0.05, 0) is 38.1 Å². The fourth-order valence-corrected chi connectivity index (χ4v) is 4.80. The van der Waals surface area contributed by atoms with Gasteiger partial charge in [0.05, 0.1) is 52.7 Å². The number of rotatable bonds is 12. The number of ether oxygens (including phenoxy) is 4. The Hall–Kier alpha value is -4.70. The van der Waals surface area contributed by atoms with Crippen molar-refractivity contribution in [3.63, 3.8) is 0 Å². The average Bonchev–Trinajstić information content (AvgIpc) is 3.57. The van der Waals surface area contributed by atoms with E-state index in [1.165, 1.54) is 9.36 Å². The van der Waals surface area contributed by atoms with Gasteiger partial charge in [0.1, 0.15) is 0 Å². The molecule has 16 nitrogen and oxygen atoms in total. The third kappa shape index (κ3) is 6.45. The summed E-state index contributed by atoms with van der Waals surface area (Å²) < 4.78 is 23.5. The Morgan fingerprint density at radius 1 is 0.727 bits per heavy atom. The Kier molecular flexibility index (Phi) is 8.73. The number of nitrogens with one attached hydrogen (secondary N) is 2. The number of aromatic nitrogens is 6. The highest BCUT2D eigenvalue weighted by Gasteiger charge is 2.38. The van der Waals surface area contributed by atoms with Crippen LogP contribution in [0.4, 0.5) is 11.4 Å². The van der Waals surface area contributed by atoms with Crippen molar-refractivity contribution in [1.82, 2.24) is 30.0 Å². The number of hydrogen-bond acceptors (Lipinski definition) is 12. The molecule has 44 heavy (non-hydrogen) atoms. The van der Waals surface area contributed by atoms with Crippen molar-refractivity contribution in [2.24, 2.45) is 10.8 Å². The molecule has 0 radical (unpaired) electrons. The van der Waals surface area contributed by atoms with E-state index in [1.54, 1.807) is 38.1 Å². The van der Waals surface area contributed by atoms with E-state index < -0.39 is 23.8 Å². The van der Waals surface area contributed by atoms with E-state index in [1.807, 2.05) is 13.8 Å². The van der Waals surface area contributed by atoms with E-state index >= 15 is 0 Å². The summed E-state index contributed by atoms with van der Waals surface area (Å²) >= 11 is 0. The van der Waals surface area contributed by atoms with Crippen LogP contribution in [0.3, 0.4) is 0 Å². The largest absolute Gasteiger partial charge is 0.461 e. The monoisotopic (exact) mass is 610 g/mol. The number of nitrogens with zero attached hydrogens (tertiary/aromatic N) is 6. The van der Waals surface area contributed by atoms with Gasteiger partial charge >= 0.3 is 11.9 Å². The smallest absolute Gasteiger partial charge is 0.361 e. The molecule has 0 spiro atoms. The fraction of sp³-hybridized carbons (Fsp3) is 0.500. The topological polar surface area (TPSA) is 191 Å². The number of benzene rings is 1. The second kappa shape index (κ2) is 12.5. The van der Waals surface area contributed by atoms with Crippen molar-refractivity contribution in [3.05, 3.63) is 47.0 Å². The van der Waals surface area contributed by atoms with Crippen LogP contribution in [-0.2, 0) is 32.0 Å². The molecule has 1 aromatic carbocycles. The van der Waals surface area contributed by atoms with Crippen LogP contribution >= 0.6 is 0 Å². The first kappa shape index (κ1) is 30.7. The van der Waals surface area contributed by atoms with Crippen molar-refractivity contribution in [1.29, 1.82) is 0 Å². The van der Waals surface area contributed by atoms with Crippen molar-refractivity contribution >= 4 is 35.1 Å². The molecule has 0 aliphatic carbocycles. The van der Waals surface area contributed by atoms with Gasteiger partial charge in [-0.2, -0.15) is 0 Å². The minimum atomic E-state index is -0.758. The van der Waals surface area contributed by atoms with Gasteiger partial charge in [-0.3, -0.25) is 9.59 Å². The first-order valence-electron chi connectivity index (χ1n) is 14.1. The van der Waals surface area contributed by atoms with E-state index in [-0.39, 0.29) is 46.8 Å². The van der Waals surface area contributed by atoms with Crippen LogP contribution in [0.1, 0.15) is 69.6 Å². The zero-order valence-corrected chi connectivity index (χ0v) is 24.9. The minimum absolute atomic E-state index is 0.0354. The Balaban J connectivity index is 1.32. The van der Waals surface area contributed by atoms with Gasteiger partial charge in [0.25, 0.3) is 11.8 Å². The molecule has 2 fully saturated rings. The fourth-order valence-electron chi connectivity index (χ4n) is 4.80. The molecule has 0 saturated carbocycles. The van der Waals surface area contributed by atoms with Gasteiger partial charge in [-0.1, -0.05) is 24.3 Å². The Labute approximate surface area is 252 Å². The highest BCUT2D eigenvalue weighted by molar-refractivity contribution is 6.10. The summed E-state index contributed by atoms with van der Waals surface area (Å²) in [5.41, 5.74) is -0.204. The minimum Gasteiger partial charge on any atom is -0.461 e. The zero-order valence-electron chi connectivity index (χ0n) is 24.9. The SMILES string of the molecule is CCOC(=O)c1nnn(CC2(C)COC2)c1C(=O)Nc1ccc(NC(=O)c2c(C(=O)OCC)nnn2CC2(C)COC2)cc1. The molecule has 2 aliphatic rings. The van der Waals surface area contributed by atoms with E-state index in [4.69, 9.17) is 18.9 Å². The third-order valence-corrected chi connectivity index (χ3v) is 7.10. The second-order valence-corrected chi connectivity index (χ2v) is 11.4. The molecule has 2 amide bonds. The molecular weight excluding hydrogens is 576 g/mol. The summed E-state index contributed by atoms with van der Waals surface area (Å²) in [4.78, 5) is 51.8. The predicted octanol–water partition coefficient (Wildman–Crippen LogP) is 1.80. The summed E-state index contributed by atoms with van der Waals surface area (Å²) in [6.45, 7) is 10.1. The molecule has 16 heteroatoms. The molecule has 3 aromatic rings. The van der Waals surface area contributed by atoms with Crippen molar-refractivity contribution < 1.29 is 38.1 Å². The van der Waals surface area contributed by atoms with Crippen LogP contribution in [0.25, 0.3) is 0 Å². The van der Waals surface area contributed by atoms with Gasteiger partial charge in [0, 0.05) is 22.2 Å². The van der Waals surface area contributed by atoms with Gasteiger partial charge < -0.3 is 29.6 Å². The Bertz CT molecular complexity index is 1440. The predicted molar refractivity (Wildman–Crippen MR) is 152 cm³/mol. The maximum Gasteiger partial charge on any atom is 0.361 e. The quantitative estimate of drug-likeness (QED) is 0.283. The molecule has 4 heterocycles. The van der Waals surface area contributed by atoms with Crippen LogP contribution in [0.15, 0.2) is 24.3 Å². The molecule has 2 aromatic heterocycles. The van der Waals surface area contributed by atoms with Crippen LogP contribution < -0.4 is 10.6 Å². The lowest BCUT2D eigenvalue weighted by Crippen LogP contribution is -2.44. The molecule has 0 unspecified atom stereocenters. The lowest BCUT2D eigenvalue weighted by molar-refractivity contribution is -0.111. The highest BCUT2D eigenvalue weighted by Crippen LogP contribution is 2.30. The van der Waals surface area contributed by atoms with E-state index in [9.17, 15) is 19.2 Å². The Morgan fingerprint density at radius 2 is 1.09 bits per heavy atom. The lowest BCUT2D eigenvalue weighted by atomic mass is 9.88. The zero-order chi connectivity index (χ0) is 31.5. The normalized spacial score (nSPS) is 16.3. The third-order valence-electron chi connectivity index (χ3n) is 7.10. The summed E-state index contributed by atoms with van der Waals surface area (Å²) in [5.74, 6) is -2.74. The second-order valence-electron chi connectivity index (χ2n) is 11.4. The summed E-state index contributed by atoms with van der Waals surface area (Å²) in [7, 11) is 0. The van der Waals surface area contributed by atoms with Gasteiger partial charge in [-0.25, -0.2) is 19.0 Å². The van der Waals surface area contributed by atoms with Gasteiger partial charge in [0.15, 0.2) is 11.4 Å². The number of carbonyl (C=O) groups excluding carboxylic acids is 4. The molecule has 5 rings (SSSR count). The van der Waals surface area contributed by atoms with Gasteiger partial charge in [-0.15, -0.1) is 10.2 Å². The molecular formula is C28H34N8O8. The first-order valence-corrected chi connectivity index (χ1v) is 14.1. The number of carbonyl (C=O) groups is 4. The van der Waals surface area contributed by atoms with E-state index in [2.05, 4.69) is 31.3 Å². The summed E-state index contributed by atoms with van der Waals surface area (Å²) in [6.07, 6.45) is 0. The van der Waals surface area contributed by atoms with Crippen LogP contribution in [0, 0.1) is 10.8 Å². The molecule has 2 N–H and O–H groups in total. The number of amides is 2. The summed E-state index contributed by atoms with van der Waals surface area (Å²) in [5, 5.41) is 21.4. The molecule has 0 bridgehead atoms. The van der Waals surface area contributed by atoms with Crippen molar-refractivity contribution in [3.8, 4) is 0 Å². The van der Waals surface area contributed by atoms with Crippen LogP contribution in [0.2, 0.25) is 0 Å². The van der Waals surface area contributed by atoms with E-state index in [0.29, 0.717) is 50.9 Å². The summed E-state index contributed by atoms with van der Waals surface area (Å²) in [6, 6.07) is 6.28. The molecule has 2 aliphatic heterocycles. The van der Waals surface area contributed by atoms with Gasteiger partial charge in [0.2, 0.25) is 11.4 Å². The maximum absolute atomic E-state index is 13.4. The highest BCUT2D eigenvalue weighted by atomic mass is 16.5. The average molecular weight is 611 g/mol. The van der Waals surface area contributed by atoms with Crippen LogP contribution in [0.5, 0.6) is 0 Å². The molecule has 0 atom stereocenters. The number of esters is 2. The standard InChI is InChI=1S/C28H34N8O8/c1-5-43-25(39)19-21(35(33-31-19)11-27(3)13-41-14-27)23(37)29-17-7-9-18(10-8-17)30-24(38)22-20(26(40)44-6-2)32-34-36(22)12-28(4)15-42-16-28/h7-10H,5-6,11-16H2,1-4H3,(H,29,37)(H,30,38). The first-order chi connectivity index (χ1) is 21.0. The van der Waals surface area contributed by atoms with E-state index in [0.717, 1.165) is 0 Å². The number of hydrogen-bond donors (Lipinski definition) is 2. The van der Waals surface area contributed by atoms with Crippen molar-refractivity contribution in [2.75, 3.05) is 50.3 Å².